The number of halogens is 1. The van der Waals surface area contributed by atoms with Crippen molar-refractivity contribution in [3.05, 3.63) is 80.2 Å². The molecule has 124 valence electrons. The van der Waals surface area contributed by atoms with E-state index in [0.717, 1.165) is 32.7 Å². The molecule has 0 aliphatic rings. The number of benzene rings is 2. The van der Waals surface area contributed by atoms with Crippen LogP contribution < -0.4 is 10.9 Å². The number of quaternary nitrogens is 1. The Morgan fingerprint density at radius 2 is 1.92 bits per heavy atom. The van der Waals surface area contributed by atoms with Gasteiger partial charge in [-0.1, -0.05) is 41.9 Å². The summed E-state index contributed by atoms with van der Waals surface area (Å²) < 4.78 is 5.43. The summed E-state index contributed by atoms with van der Waals surface area (Å²) in [5, 5.41) is 3.95. The topological polar surface area (TPSA) is 46.8 Å². The Kier molecular flexibility index (Phi) is 4.74. The maximum absolute atomic E-state index is 11.9. The number of hydrogen-bond donors (Lipinski definition) is 1. The van der Waals surface area contributed by atoms with E-state index >= 15 is 0 Å². The molecule has 0 amide bonds. The molecule has 3 aromatic rings. The predicted molar refractivity (Wildman–Crippen MR) is 97.5 cm³/mol. The highest BCUT2D eigenvalue weighted by Gasteiger charge is 2.15. The van der Waals surface area contributed by atoms with Crippen molar-refractivity contribution < 1.29 is 9.73 Å². The Morgan fingerprint density at radius 3 is 2.67 bits per heavy atom. The fourth-order valence-electron chi connectivity index (χ4n) is 2.97. The first-order valence-corrected chi connectivity index (χ1v) is 8.46. The first-order chi connectivity index (χ1) is 11.5. The predicted octanol–water partition coefficient (Wildman–Crippen LogP) is 3.89. The van der Waals surface area contributed by atoms with Crippen molar-refractivity contribution >= 4 is 22.6 Å². The molecule has 2 N–H and O–H groups in total. The van der Waals surface area contributed by atoms with Crippen molar-refractivity contribution in [1.82, 2.24) is 0 Å². The molecule has 24 heavy (non-hydrogen) atoms. The highest BCUT2D eigenvalue weighted by atomic mass is 35.5. The molecule has 0 bridgehead atoms. The second kappa shape index (κ2) is 6.80. The number of fused-ring (bicyclic) bond motifs is 1. The van der Waals surface area contributed by atoms with Gasteiger partial charge in [0.25, 0.3) is 0 Å². The smallest absolute Gasteiger partial charge is 0.336 e. The first-order valence-electron chi connectivity index (χ1n) is 8.08. The summed E-state index contributed by atoms with van der Waals surface area (Å²) in [6, 6.07) is 13.8. The highest BCUT2D eigenvalue weighted by molar-refractivity contribution is 6.31. The molecule has 0 radical (unpaired) electrons. The minimum atomic E-state index is -0.301. The maximum atomic E-state index is 11.9. The van der Waals surface area contributed by atoms with Crippen LogP contribution in [0, 0.1) is 13.8 Å². The normalized spacial score (nSPS) is 12.5. The van der Waals surface area contributed by atoms with Crippen LogP contribution in [0.25, 0.3) is 11.0 Å². The van der Waals surface area contributed by atoms with Crippen molar-refractivity contribution in [2.24, 2.45) is 0 Å². The third-order valence-corrected chi connectivity index (χ3v) is 4.95. The van der Waals surface area contributed by atoms with Crippen LogP contribution in [0.15, 0.2) is 51.7 Å². The van der Waals surface area contributed by atoms with Gasteiger partial charge in [-0.3, -0.25) is 0 Å². The van der Waals surface area contributed by atoms with E-state index in [-0.39, 0.29) is 11.7 Å². The van der Waals surface area contributed by atoms with E-state index in [0.29, 0.717) is 12.1 Å². The van der Waals surface area contributed by atoms with E-state index in [9.17, 15) is 4.79 Å². The van der Waals surface area contributed by atoms with Gasteiger partial charge in [-0.05, 0) is 38.0 Å². The van der Waals surface area contributed by atoms with Crippen molar-refractivity contribution in [2.45, 2.75) is 33.4 Å². The van der Waals surface area contributed by atoms with E-state index in [1.54, 1.807) is 6.07 Å². The van der Waals surface area contributed by atoms with Crippen LogP contribution in [0.5, 0.6) is 0 Å². The molecule has 0 aliphatic carbocycles. The molecule has 1 aromatic heterocycles. The number of aryl methyl sites for hydroxylation is 2. The third-order valence-electron chi connectivity index (χ3n) is 4.60. The van der Waals surface area contributed by atoms with Crippen LogP contribution >= 0.6 is 11.6 Å². The van der Waals surface area contributed by atoms with Crippen LogP contribution in [-0.4, -0.2) is 0 Å². The molecule has 0 aliphatic heterocycles. The summed E-state index contributed by atoms with van der Waals surface area (Å²) in [5.41, 5.74) is 4.62. The molecule has 0 saturated heterocycles. The summed E-state index contributed by atoms with van der Waals surface area (Å²) in [6.07, 6.45) is 0. The molecule has 3 nitrogen and oxygen atoms in total. The quantitative estimate of drug-likeness (QED) is 0.731. The standard InChI is InChI=1S/C20H20ClNO2/c1-12-8-9-17-15(10-19(23)24-20(17)13(12)2)11-22-14(3)16-6-4-5-7-18(16)21/h4-10,14,22H,11H2,1-3H3/p+1/t14-/m0/s1. The van der Waals surface area contributed by atoms with Gasteiger partial charge in [-0.25, -0.2) is 4.79 Å². The molecule has 0 spiro atoms. The Hall–Kier alpha value is -2.10. The molecule has 0 fully saturated rings. The molecular weight excluding hydrogens is 322 g/mol. The molecule has 0 unspecified atom stereocenters. The van der Waals surface area contributed by atoms with Gasteiger partial charge >= 0.3 is 5.63 Å². The van der Waals surface area contributed by atoms with Gasteiger partial charge in [-0.15, -0.1) is 0 Å². The fraction of sp³-hybridized carbons (Fsp3) is 0.250. The van der Waals surface area contributed by atoms with Gasteiger partial charge in [-0.2, -0.15) is 0 Å². The minimum Gasteiger partial charge on any atom is -0.422 e. The molecule has 1 atom stereocenters. The minimum absolute atomic E-state index is 0.201. The summed E-state index contributed by atoms with van der Waals surface area (Å²) in [4.78, 5) is 11.9. The lowest BCUT2D eigenvalue weighted by molar-refractivity contribution is -0.707. The van der Waals surface area contributed by atoms with Crippen LogP contribution in [0.1, 0.15) is 35.2 Å². The number of hydrogen-bond acceptors (Lipinski definition) is 2. The number of rotatable bonds is 4. The van der Waals surface area contributed by atoms with Crippen LogP contribution in [0.4, 0.5) is 0 Å². The van der Waals surface area contributed by atoms with Crippen LogP contribution in [0.3, 0.4) is 0 Å². The van der Waals surface area contributed by atoms with E-state index in [2.05, 4.69) is 18.3 Å². The van der Waals surface area contributed by atoms with Gasteiger partial charge in [0.1, 0.15) is 18.2 Å². The Bertz CT molecular complexity index is 946. The summed E-state index contributed by atoms with van der Waals surface area (Å²) >= 11 is 6.27. The lowest BCUT2D eigenvalue weighted by atomic mass is 10.0. The first kappa shape index (κ1) is 16.7. The van der Waals surface area contributed by atoms with Gasteiger partial charge < -0.3 is 9.73 Å². The molecule has 2 aromatic carbocycles. The molecular formula is C20H21ClNO2+. The lowest BCUT2D eigenvalue weighted by Crippen LogP contribution is -2.83. The zero-order chi connectivity index (χ0) is 17.3. The van der Waals surface area contributed by atoms with E-state index in [1.807, 2.05) is 44.2 Å². The van der Waals surface area contributed by atoms with Gasteiger partial charge in [0.15, 0.2) is 0 Å². The second-order valence-corrected chi connectivity index (χ2v) is 6.63. The molecule has 1 heterocycles. The molecule has 3 rings (SSSR count). The van der Waals surface area contributed by atoms with E-state index in [4.69, 9.17) is 16.0 Å². The largest absolute Gasteiger partial charge is 0.422 e. The van der Waals surface area contributed by atoms with Crippen molar-refractivity contribution in [3.8, 4) is 0 Å². The van der Waals surface area contributed by atoms with E-state index < -0.39 is 0 Å². The zero-order valence-electron chi connectivity index (χ0n) is 14.1. The Labute approximate surface area is 146 Å². The van der Waals surface area contributed by atoms with E-state index in [1.165, 1.54) is 0 Å². The number of nitrogens with two attached hydrogens (primary N) is 1. The molecule has 4 heteroatoms. The van der Waals surface area contributed by atoms with Crippen molar-refractivity contribution in [3.63, 3.8) is 0 Å². The lowest BCUT2D eigenvalue weighted by Gasteiger charge is -2.14. The monoisotopic (exact) mass is 342 g/mol. The summed E-state index contributed by atoms with van der Waals surface area (Å²) in [7, 11) is 0. The average molecular weight is 343 g/mol. The summed E-state index contributed by atoms with van der Waals surface area (Å²) in [6.45, 7) is 6.81. The van der Waals surface area contributed by atoms with Gasteiger partial charge in [0, 0.05) is 27.6 Å². The van der Waals surface area contributed by atoms with Crippen molar-refractivity contribution in [1.29, 1.82) is 0 Å². The average Bonchev–Trinajstić information content (AvgIpc) is 2.56. The van der Waals surface area contributed by atoms with Gasteiger partial charge in [0.2, 0.25) is 0 Å². The zero-order valence-corrected chi connectivity index (χ0v) is 14.9. The van der Waals surface area contributed by atoms with Crippen LogP contribution in [-0.2, 0) is 6.54 Å². The van der Waals surface area contributed by atoms with Gasteiger partial charge in [0.05, 0.1) is 0 Å². The van der Waals surface area contributed by atoms with Crippen molar-refractivity contribution in [2.75, 3.05) is 0 Å². The SMILES string of the molecule is Cc1ccc2c(C[NH2+][C@@H](C)c3ccccc3Cl)cc(=O)oc2c1C. The maximum Gasteiger partial charge on any atom is 0.336 e. The highest BCUT2D eigenvalue weighted by Crippen LogP contribution is 2.23. The third kappa shape index (κ3) is 3.23. The summed E-state index contributed by atoms with van der Waals surface area (Å²) in [5.74, 6) is 0. The second-order valence-electron chi connectivity index (χ2n) is 6.22. The molecule has 0 saturated carbocycles. The Balaban J connectivity index is 1.92. The Morgan fingerprint density at radius 1 is 1.17 bits per heavy atom. The fourth-order valence-corrected chi connectivity index (χ4v) is 3.28. The van der Waals surface area contributed by atoms with Crippen LogP contribution in [0.2, 0.25) is 5.02 Å².